The summed E-state index contributed by atoms with van der Waals surface area (Å²) >= 11 is 0. The van der Waals surface area contributed by atoms with E-state index in [-0.39, 0.29) is 0 Å². The highest BCUT2D eigenvalue weighted by atomic mass is 15.3. The van der Waals surface area contributed by atoms with Crippen LogP contribution in [0.25, 0.3) is 16.9 Å². The standard InChI is InChI=1S/C16H16N4/c17-15-9-14(12-5-2-1-3-6-12)19-16-13(10-18-20(15)16)11-7-4-8-11/h1-3,5-6,9-11H,4,7-8,17H2. The van der Waals surface area contributed by atoms with Gasteiger partial charge < -0.3 is 5.73 Å². The zero-order chi connectivity index (χ0) is 13.5. The first-order chi connectivity index (χ1) is 9.83. The van der Waals surface area contributed by atoms with Crippen LogP contribution in [0.4, 0.5) is 5.82 Å². The predicted octanol–water partition coefficient (Wildman–Crippen LogP) is 3.25. The van der Waals surface area contributed by atoms with E-state index in [1.54, 1.807) is 4.52 Å². The van der Waals surface area contributed by atoms with Gasteiger partial charge in [-0.1, -0.05) is 36.8 Å². The number of benzene rings is 1. The average Bonchev–Trinajstić information content (AvgIpc) is 2.82. The third-order valence-corrected chi connectivity index (χ3v) is 4.14. The number of anilines is 1. The van der Waals surface area contributed by atoms with Gasteiger partial charge in [0.15, 0.2) is 5.65 Å². The van der Waals surface area contributed by atoms with Gasteiger partial charge in [-0.25, -0.2) is 4.98 Å². The van der Waals surface area contributed by atoms with Crippen molar-refractivity contribution in [1.82, 2.24) is 14.6 Å². The maximum absolute atomic E-state index is 6.13. The molecule has 0 aliphatic heterocycles. The summed E-state index contributed by atoms with van der Waals surface area (Å²) in [4.78, 5) is 4.79. The SMILES string of the molecule is Nc1cc(-c2ccccc2)nc2c(C3CCC3)cnn12. The summed E-state index contributed by atoms with van der Waals surface area (Å²) in [5.41, 5.74) is 10.3. The van der Waals surface area contributed by atoms with Crippen LogP contribution < -0.4 is 5.73 Å². The smallest absolute Gasteiger partial charge is 0.161 e. The van der Waals surface area contributed by atoms with E-state index < -0.39 is 0 Å². The summed E-state index contributed by atoms with van der Waals surface area (Å²) in [6.07, 6.45) is 5.70. The highest BCUT2D eigenvalue weighted by Crippen LogP contribution is 2.38. The summed E-state index contributed by atoms with van der Waals surface area (Å²) < 4.78 is 1.75. The summed E-state index contributed by atoms with van der Waals surface area (Å²) in [5, 5.41) is 4.39. The molecule has 4 heteroatoms. The lowest BCUT2D eigenvalue weighted by Gasteiger charge is -2.24. The molecule has 4 rings (SSSR count). The van der Waals surface area contributed by atoms with Crippen LogP contribution in [0, 0.1) is 0 Å². The minimum atomic E-state index is 0.602. The van der Waals surface area contributed by atoms with Crippen LogP contribution in [0.3, 0.4) is 0 Å². The zero-order valence-corrected chi connectivity index (χ0v) is 11.2. The van der Waals surface area contributed by atoms with E-state index >= 15 is 0 Å². The Kier molecular flexibility index (Phi) is 2.49. The number of nitrogens with zero attached hydrogens (tertiary/aromatic N) is 3. The fourth-order valence-electron chi connectivity index (χ4n) is 2.77. The molecule has 0 saturated heterocycles. The number of hydrogen-bond donors (Lipinski definition) is 1. The molecule has 100 valence electrons. The van der Waals surface area contributed by atoms with Crippen molar-refractivity contribution in [1.29, 1.82) is 0 Å². The first kappa shape index (κ1) is 11.5. The molecule has 0 atom stereocenters. The Morgan fingerprint density at radius 3 is 2.65 bits per heavy atom. The van der Waals surface area contributed by atoms with Crippen molar-refractivity contribution in [3.63, 3.8) is 0 Å². The van der Waals surface area contributed by atoms with Crippen molar-refractivity contribution in [3.8, 4) is 11.3 Å². The molecule has 0 radical (unpaired) electrons. The molecule has 2 aromatic heterocycles. The third kappa shape index (κ3) is 1.68. The van der Waals surface area contributed by atoms with Crippen molar-refractivity contribution < 1.29 is 0 Å². The van der Waals surface area contributed by atoms with E-state index in [4.69, 9.17) is 10.7 Å². The van der Waals surface area contributed by atoms with Gasteiger partial charge in [-0.2, -0.15) is 9.61 Å². The molecule has 0 bridgehead atoms. The fraction of sp³-hybridized carbons (Fsp3) is 0.250. The van der Waals surface area contributed by atoms with E-state index in [0.29, 0.717) is 11.7 Å². The number of aromatic nitrogens is 3. The molecule has 1 aromatic carbocycles. The van der Waals surface area contributed by atoms with Crippen LogP contribution in [0.15, 0.2) is 42.6 Å². The molecule has 2 heterocycles. The monoisotopic (exact) mass is 264 g/mol. The van der Waals surface area contributed by atoms with Crippen LogP contribution in [0.1, 0.15) is 30.7 Å². The van der Waals surface area contributed by atoms with Crippen molar-refractivity contribution >= 4 is 11.5 Å². The van der Waals surface area contributed by atoms with Gasteiger partial charge in [-0.15, -0.1) is 0 Å². The molecule has 0 amide bonds. The van der Waals surface area contributed by atoms with Crippen LogP contribution in [0.5, 0.6) is 0 Å². The summed E-state index contributed by atoms with van der Waals surface area (Å²) in [5.74, 6) is 1.24. The maximum atomic E-state index is 6.13. The Hall–Kier alpha value is -2.36. The largest absolute Gasteiger partial charge is 0.384 e. The van der Waals surface area contributed by atoms with Gasteiger partial charge in [0.25, 0.3) is 0 Å². The second-order valence-corrected chi connectivity index (χ2v) is 5.40. The molecule has 0 spiro atoms. The van der Waals surface area contributed by atoms with E-state index in [2.05, 4.69) is 17.2 Å². The Bertz CT molecular complexity index is 757. The minimum absolute atomic E-state index is 0.602. The Labute approximate surface area is 117 Å². The number of hydrogen-bond acceptors (Lipinski definition) is 3. The van der Waals surface area contributed by atoms with Crippen LogP contribution in [0.2, 0.25) is 0 Å². The van der Waals surface area contributed by atoms with Crippen molar-refractivity contribution in [2.24, 2.45) is 0 Å². The van der Waals surface area contributed by atoms with E-state index in [0.717, 1.165) is 16.9 Å². The molecular weight excluding hydrogens is 248 g/mol. The van der Waals surface area contributed by atoms with Gasteiger partial charge in [-0.3, -0.25) is 0 Å². The highest BCUT2D eigenvalue weighted by molar-refractivity contribution is 5.67. The lowest BCUT2D eigenvalue weighted by atomic mass is 9.81. The van der Waals surface area contributed by atoms with Gasteiger partial charge >= 0.3 is 0 Å². The first-order valence-corrected chi connectivity index (χ1v) is 7.02. The maximum Gasteiger partial charge on any atom is 0.161 e. The molecule has 1 saturated carbocycles. The van der Waals surface area contributed by atoms with Crippen molar-refractivity contribution in [3.05, 3.63) is 48.2 Å². The van der Waals surface area contributed by atoms with Crippen molar-refractivity contribution in [2.45, 2.75) is 25.2 Å². The van der Waals surface area contributed by atoms with Crippen LogP contribution >= 0.6 is 0 Å². The van der Waals surface area contributed by atoms with Gasteiger partial charge in [0.1, 0.15) is 5.82 Å². The van der Waals surface area contributed by atoms with Gasteiger partial charge in [0, 0.05) is 17.2 Å². The second kappa shape index (κ2) is 4.34. The molecule has 1 fully saturated rings. The highest BCUT2D eigenvalue weighted by Gasteiger charge is 2.24. The number of nitrogen functional groups attached to an aromatic ring is 1. The quantitative estimate of drug-likeness (QED) is 0.773. The molecule has 1 aliphatic rings. The normalized spacial score (nSPS) is 15.4. The van der Waals surface area contributed by atoms with Crippen LogP contribution in [-0.2, 0) is 0 Å². The molecule has 20 heavy (non-hydrogen) atoms. The molecule has 2 N–H and O–H groups in total. The lowest BCUT2D eigenvalue weighted by Crippen LogP contribution is -2.09. The van der Waals surface area contributed by atoms with Gasteiger partial charge in [0.2, 0.25) is 0 Å². The number of nitrogens with two attached hydrogens (primary N) is 1. The van der Waals surface area contributed by atoms with Gasteiger partial charge in [-0.05, 0) is 18.8 Å². The summed E-state index contributed by atoms with van der Waals surface area (Å²) in [6.45, 7) is 0. The number of fused-ring (bicyclic) bond motifs is 1. The molecule has 1 aliphatic carbocycles. The van der Waals surface area contributed by atoms with E-state index in [1.807, 2.05) is 30.5 Å². The Balaban J connectivity index is 1.91. The first-order valence-electron chi connectivity index (χ1n) is 7.02. The fourth-order valence-corrected chi connectivity index (χ4v) is 2.77. The average molecular weight is 264 g/mol. The third-order valence-electron chi connectivity index (χ3n) is 4.14. The molecular formula is C16H16N4. The van der Waals surface area contributed by atoms with E-state index in [9.17, 15) is 0 Å². The molecule has 3 aromatic rings. The molecule has 4 nitrogen and oxygen atoms in total. The Morgan fingerprint density at radius 1 is 1.15 bits per heavy atom. The van der Waals surface area contributed by atoms with Crippen molar-refractivity contribution in [2.75, 3.05) is 5.73 Å². The predicted molar refractivity (Wildman–Crippen MR) is 79.4 cm³/mol. The van der Waals surface area contributed by atoms with Crippen LogP contribution in [-0.4, -0.2) is 14.6 Å². The topological polar surface area (TPSA) is 56.2 Å². The summed E-state index contributed by atoms with van der Waals surface area (Å²) in [6, 6.07) is 12.0. The summed E-state index contributed by atoms with van der Waals surface area (Å²) in [7, 11) is 0. The minimum Gasteiger partial charge on any atom is -0.384 e. The lowest BCUT2D eigenvalue weighted by molar-refractivity contribution is 0.421. The van der Waals surface area contributed by atoms with E-state index in [1.165, 1.54) is 24.8 Å². The zero-order valence-electron chi connectivity index (χ0n) is 11.2. The molecule has 0 unspecified atom stereocenters. The Morgan fingerprint density at radius 2 is 1.95 bits per heavy atom. The second-order valence-electron chi connectivity index (χ2n) is 5.40. The van der Waals surface area contributed by atoms with Gasteiger partial charge in [0.05, 0.1) is 11.9 Å². The number of rotatable bonds is 2.